The van der Waals surface area contributed by atoms with Gasteiger partial charge in [-0.2, -0.15) is 0 Å². The molecule has 0 aliphatic heterocycles. The average molecular weight is 279 g/mol. The van der Waals surface area contributed by atoms with Crippen molar-refractivity contribution >= 4 is 17.2 Å². The second kappa shape index (κ2) is 7.95. The van der Waals surface area contributed by atoms with Crippen molar-refractivity contribution in [1.82, 2.24) is 9.80 Å². The first-order valence-electron chi connectivity index (χ1n) is 6.23. The monoisotopic (exact) mass is 279 g/mol. The van der Waals surface area contributed by atoms with Gasteiger partial charge in [0.2, 0.25) is 0 Å². The van der Waals surface area contributed by atoms with Crippen LogP contribution >= 0.6 is 11.3 Å². The highest BCUT2D eigenvalue weighted by molar-refractivity contribution is 7.14. The fourth-order valence-corrected chi connectivity index (χ4v) is 2.45. The number of amides is 1. The highest BCUT2D eigenvalue weighted by Gasteiger charge is 2.13. The lowest BCUT2D eigenvalue weighted by molar-refractivity contribution is 0.0795. The Morgan fingerprint density at radius 1 is 1.32 bits per heavy atom. The van der Waals surface area contributed by atoms with E-state index < -0.39 is 0 Å². The Hall–Kier alpha value is -1.35. The lowest BCUT2D eigenvalue weighted by atomic mass is 10.3. The van der Waals surface area contributed by atoms with E-state index in [0.717, 1.165) is 29.3 Å². The van der Waals surface area contributed by atoms with E-state index >= 15 is 0 Å². The molecule has 1 aromatic rings. The zero-order valence-electron chi connectivity index (χ0n) is 11.8. The van der Waals surface area contributed by atoms with Crippen LogP contribution in [-0.2, 0) is 0 Å². The molecule has 0 saturated carbocycles. The summed E-state index contributed by atoms with van der Waals surface area (Å²) < 4.78 is 0. The standard InChI is InChI=1S/C14H21N3OS/c1-16(2)10-5-11-17(3)14(18)13-8-7-12(19-13)6-4-9-15/h7-8H,5,9-11,15H2,1-3H3. The molecule has 0 aliphatic rings. The Bertz CT molecular complexity index is 471. The predicted molar refractivity (Wildman–Crippen MR) is 80.4 cm³/mol. The molecule has 1 heterocycles. The van der Waals surface area contributed by atoms with E-state index in [1.165, 1.54) is 11.3 Å². The van der Waals surface area contributed by atoms with Crippen LogP contribution < -0.4 is 5.73 Å². The summed E-state index contributed by atoms with van der Waals surface area (Å²) in [4.78, 5) is 17.6. The van der Waals surface area contributed by atoms with Crippen molar-refractivity contribution in [3.63, 3.8) is 0 Å². The number of nitrogens with zero attached hydrogens (tertiary/aromatic N) is 2. The molecule has 1 aromatic heterocycles. The fourth-order valence-electron chi connectivity index (χ4n) is 1.57. The summed E-state index contributed by atoms with van der Waals surface area (Å²) in [5.74, 6) is 5.79. The van der Waals surface area contributed by atoms with E-state index in [0.29, 0.717) is 6.54 Å². The van der Waals surface area contributed by atoms with Crippen molar-refractivity contribution in [2.45, 2.75) is 6.42 Å². The minimum atomic E-state index is 0.0598. The summed E-state index contributed by atoms with van der Waals surface area (Å²) in [6.07, 6.45) is 0.973. The van der Waals surface area contributed by atoms with Crippen molar-refractivity contribution in [2.75, 3.05) is 40.8 Å². The molecule has 0 spiro atoms. The van der Waals surface area contributed by atoms with Gasteiger partial charge in [0, 0.05) is 13.6 Å². The number of thiophene rings is 1. The fraction of sp³-hybridized carbons (Fsp3) is 0.500. The second-order valence-electron chi connectivity index (χ2n) is 4.55. The van der Waals surface area contributed by atoms with E-state index in [9.17, 15) is 4.79 Å². The SMILES string of the molecule is CN(C)CCCN(C)C(=O)c1ccc(C#CCN)s1. The summed E-state index contributed by atoms with van der Waals surface area (Å²) in [5, 5.41) is 0. The van der Waals surface area contributed by atoms with Gasteiger partial charge in [-0.15, -0.1) is 11.3 Å². The van der Waals surface area contributed by atoms with E-state index in [1.54, 1.807) is 4.90 Å². The Balaban J connectivity index is 2.54. The van der Waals surface area contributed by atoms with E-state index in [-0.39, 0.29) is 5.91 Å². The zero-order chi connectivity index (χ0) is 14.3. The third kappa shape index (κ3) is 5.43. The summed E-state index contributed by atoms with van der Waals surface area (Å²) >= 11 is 1.42. The molecule has 0 aromatic carbocycles. The zero-order valence-corrected chi connectivity index (χ0v) is 12.6. The maximum absolute atomic E-state index is 12.2. The van der Waals surface area contributed by atoms with Crippen molar-refractivity contribution in [1.29, 1.82) is 0 Å². The van der Waals surface area contributed by atoms with Crippen molar-refractivity contribution in [3.05, 3.63) is 21.9 Å². The first-order valence-corrected chi connectivity index (χ1v) is 7.05. The van der Waals surface area contributed by atoms with Crippen LogP contribution in [0.25, 0.3) is 0 Å². The summed E-state index contributed by atoms with van der Waals surface area (Å²) in [6.45, 7) is 2.08. The molecule has 2 N–H and O–H groups in total. The van der Waals surface area contributed by atoms with Gasteiger partial charge in [-0.05, 0) is 39.2 Å². The van der Waals surface area contributed by atoms with Crippen LogP contribution in [0.15, 0.2) is 12.1 Å². The van der Waals surface area contributed by atoms with Gasteiger partial charge in [-0.25, -0.2) is 0 Å². The molecule has 0 radical (unpaired) electrons. The molecule has 1 rings (SSSR count). The predicted octanol–water partition coefficient (Wildman–Crippen LogP) is 1.08. The van der Waals surface area contributed by atoms with Crippen LogP contribution in [-0.4, -0.2) is 56.5 Å². The van der Waals surface area contributed by atoms with Crippen LogP contribution in [0.2, 0.25) is 0 Å². The molecule has 0 saturated heterocycles. The van der Waals surface area contributed by atoms with Crippen LogP contribution in [0.3, 0.4) is 0 Å². The number of carbonyl (C=O) groups is 1. The van der Waals surface area contributed by atoms with Gasteiger partial charge in [-0.1, -0.05) is 11.8 Å². The molecule has 1 amide bonds. The first kappa shape index (κ1) is 15.7. The molecule has 104 valence electrons. The number of hydrogen-bond acceptors (Lipinski definition) is 4. The Morgan fingerprint density at radius 2 is 2.05 bits per heavy atom. The maximum Gasteiger partial charge on any atom is 0.263 e. The largest absolute Gasteiger partial charge is 0.341 e. The Labute approximate surface area is 119 Å². The summed E-state index contributed by atoms with van der Waals surface area (Å²) in [6, 6.07) is 3.70. The molecule has 0 aliphatic carbocycles. The quantitative estimate of drug-likeness (QED) is 0.821. The highest BCUT2D eigenvalue weighted by Crippen LogP contribution is 2.17. The summed E-state index contributed by atoms with van der Waals surface area (Å²) in [7, 11) is 5.90. The third-order valence-corrected chi connectivity index (χ3v) is 3.56. The topological polar surface area (TPSA) is 49.6 Å². The molecule has 0 atom stereocenters. The van der Waals surface area contributed by atoms with Gasteiger partial charge < -0.3 is 15.5 Å². The molecule has 0 fully saturated rings. The van der Waals surface area contributed by atoms with Gasteiger partial charge in [-0.3, -0.25) is 4.79 Å². The molecular weight excluding hydrogens is 258 g/mol. The molecule has 5 heteroatoms. The minimum absolute atomic E-state index is 0.0598. The number of hydrogen-bond donors (Lipinski definition) is 1. The molecule has 19 heavy (non-hydrogen) atoms. The molecule has 4 nitrogen and oxygen atoms in total. The third-order valence-electron chi connectivity index (χ3n) is 2.58. The second-order valence-corrected chi connectivity index (χ2v) is 5.64. The van der Waals surface area contributed by atoms with Gasteiger partial charge in [0.25, 0.3) is 5.91 Å². The van der Waals surface area contributed by atoms with Crippen LogP contribution in [0, 0.1) is 11.8 Å². The van der Waals surface area contributed by atoms with Gasteiger partial charge >= 0.3 is 0 Å². The average Bonchev–Trinajstić information content (AvgIpc) is 2.83. The highest BCUT2D eigenvalue weighted by atomic mass is 32.1. The smallest absolute Gasteiger partial charge is 0.263 e. The lowest BCUT2D eigenvalue weighted by Crippen LogP contribution is -2.29. The number of nitrogens with two attached hydrogens (primary N) is 1. The van der Waals surface area contributed by atoms with Crippen LogP contribution in [0.4, 0.5) is 0 Å². The van der Waals surface area contributed by atoms with Gasteiger partial charge in [0.05, 0.1) is 16.3 Å². The van der Waals surface area contributed by atoms with Crippen LogP contribution in [0.1, 0.15) is 21.0 Å². The van der Waals surface area contributed by atoms with Crippen molar-refractivity contribution < 1.29 is 4.79 Å². The van der Waals surface area contributed by atoms with Gasteiger partial charge in [0.15, 0.2) is 0 Å². The van der Waals surface area contributed by atoms with Crippen molar-refractivity contribution in [2.24, 2.45) is 5.73 Å². The number of rotatable bonds is 5. The Morgan fingerprint density at radius 3 is 2.68 bits per heavy atom. The van der Waals surface area contributed by atoms with E-state index in [2.05, 4.69) is 16.7 Å². The van der Waals surface area contributed by atoms with Crippen LogP contribution in [0.5, 0.6) is 0 Å². The van der Waals surface area contributed by atoms with Crippen molar-refractivity contribution in [3.8, 4) is 11.8 Å². The first-order chi connectivity index (χ1) is 9.04. The minimum Gasteiger partial charge on any atom is -0.341 e. The number of carbonyl (C=O) groups excluding carboxylic acids is 1. The van der Waals surface area contributed by atoms with Gasteiger partial charge in [0.1, 0.15) is 0 Å². The lowest BCUT2D eigenvalue weighted by Gasteiger charge is -2.17. The van der Waals surface area contributed by atoms with E-state index in [1.807, 2.05) is 33.3 Å². The maximum atomic E-state index is 12.2. The summed E-state index contributed by atoms with van der Waals surface area (Å²) in [5.41, 5.74) is 5.32. The Kier molecular flexibility index (Phi) is 6.57. The normalized spacial score (nSPS) is 10.2. The molecule has 0 bridgehead atoms. The molecule has 0 unspecified atom stereocenters. The van der Waals surface area contributed by atoms with E-state index in [4.69, 9.17) is 5.73 Å². The molecular formula is C14H21N3OS.